The molecule has 1 saturated heterocycles. The monoisotopic (exact) mass is 298 g/mol. The first-order valence-corrected chi connectivity index (χ1v) is 7.38. The molecule has 0 saturated carbocycles. The molecule has 2 aromatic rings. The Hall–Kier alpha value is -0.770. The summed E-state index contributed by atoms with van der Waals surface area (Å²) in [5.41, 5.74) is 1.92. The van der Waals surface area contributed by atoms with Crippen molar-refractivity contribution in [3.8, 4) is 0 Å². The van der Waals surface area contributed by atoms with Gasteiger partial charge in [0.25, 0.3) is 0 Å². The average molecular weight is 299 g/mol. The van der Waals surface area contributed by atoms with E-state index in [1.807, 2.05) is 19.1 Å². The number of hydrogen-bond donors (Lipinski definition) is 0. The molecular formula is C14H16Cl2N2O. The Morgan fingerprint density at radius 3 is 2.79 bits per heavy atom. The quantitative estimate of drug-likeness (QED) is 0.771. The van der Waals surface area contributed by atoms with Crippen LogP contribution in [0.4, 0.5) is 0 Å². The van der Waals surface area contributed by atoms with E-state index in [-0.39, 0.29) is 5.38 Å². The first kappa shape index (κ1) is 13.2. The van der Waals surface area contributed by atoms with Gasteiger partial charge in [0.1, 0.15) is 11.3 Å². The van der Waals surface area contributed by atoms with Crippen LogP contribution < -0.4 is 0 Å². The third-order valence-electron chi connectivity index (χ3n) is 3.61. The number of benzene rings is 1. The molecule has 2 heterocycles. The van der Waals surface area contributed by atoms with Gasteiger partial charge < -0.3 is 9.30 Å². The Morgan fingerprint density at radius 2 is 2.11 bits per heavy atom. The molecule has 102 valence electrons. The standard InChI is InChI=1S/C14H16Cl2N2O/c1-9(15)14-17-13-11(16)3-2-4-12(13)18(14)10-5-7-19-8-6-10/h2-4,9-10H,5-8H2,1H3. The molecule has 1 fully saturated rings. The Bertz CT molecular complexity index is 588. The molecule has 0 N–H and O–H groups in total. The SMILES string of the molecule is CC(Cl)c1nc2c(Cl)cccc2n1C1CCOCC1. The smallest absolute Gasteiger partial charge is 0.128 e. The van der Waals surface area contributed by atoms with Crippen molar-refractivity contribution in [3.05, 3.63) is 29.0 Å². The Kier molecular flexibility index (Phi) is 3.70. The van der Waals surface area contributed by atoms with Crippen LogP contribution in [-0.4, -0.2) is 22.8 Å². The van der Waals surface area contributed by atoms with E-state index in [1.54, 1.807) is 0 Å². The fraction of sp³-hybridized carbons (Fsp3) is 0.500. The van der Waals surface area contributed by atoms with E-state index in [4.69, 9.17) is 27.9 Å². The first-order valence-electron chi connectivity index (χ1n) is 6.56. The van der Waals surface area contributed by atoms with Gasteiger partial charge in [0.15, 0.2) is 0 Å². The number of imidazole rings is 1. The summed E-state index contributed by atoms with van der Waals surface area (Å²) >= 11 is 12.5. The molecule has 0 amide bonds. The van der Waals surface area contributed by atoms with Crippen LogP contribution in [0.1, 0.15) is 37.0 Å². The van der Waals surface area contributed by atoms with Gasteiger partial charge in [0, 0.05) is 19.3 Å². The first-order chi connectivity index (χ1) is 9.18. The van der Waals surface area contributed by atoms with Crippen molar-refractivity contribution < 1.29 is 4.74 Å². The maximum Gasteiger partial charge on any atom is 0.128 e. The van der Waals surface area contributed by atoms with Gasteiger partial charge in [-0.05, 0) is 31.9 Å². The maximum atomic E-state index is 6.29. The highest BCUT2D eigenvalue weighted by Crippen LogP contribution is 2.34. The molecule has 1 aliphatic heterocycles. The van der Waals surface area contributed by atoms with Gasteiger partial charge in [-0.1, -0.05) is 17.7 Å². The molecular weight excluding hydrogens is 283 g/mol. The highest BCUT2D eigenvalue weighted by Gasteiger charge is 2.24. The Morgan fingerprint density at radius 1 is 1.37 bits per heavy atom. The highest BCUT2D eigenvalue weighted by molar-refractivity contribution is 6.35. The molecule has 1 atom stereocenters. The molecule has 3 nitrogen and oxygen atoms in total. The van der Waals surface area contributed by atoms with Gasteiger partial charge in [-0.25, -0.2) is 4.98 Å². The van der Waals surface area contributed by atoms with Crippen LogP contribution in [0.3, 0.4) is 0 Å². The number of ether oxygens (including phenoxy) is 1. The summed E-state index contributed by atoms with van der Waals surface area (Å²) < 4.78 is 7.69. The molecule has 0 radical (unpaired) electrons. The normalized spacial score (nSPS) is 18.9. The van der Waals surface area contributed by atoms with Crippen LogP contribution in [-0.2, 0) is 4.74 Å². The van der Waals surface area contributed by atoms with Gasteiger partial charge in [-0.15, -0.1) is 11.6 Å². The largest absolute Gasteiger partial charge is 0.381 e. The molecule has 1 aliphatic rings. The van der Waals surface area contributed by atoms with E-state index < -0.39 is 0 Å². The van der Waals surface area contributed by atoms with Gasteiger partial charge in [0.05, 0.1) is 15.9 Å². The number of aromatic nitrogens is 2. The summed E-state index contributed by atoms with van der Waals surface area (Å²) in [6.45, 7) is 3.54. The van der Waals surface area contributed by atoms with Crippen LogP contribution in [0.25, 0.3) is 11.0 Å². The lowest BCUT2D eigenvalue weighted by atomic mass is 10.1. The lowest BCUT2D eigenvalue weighted by molar-refractivity contribution is 0.0698. The Labute approximate surface area is 122 Å². The van der Waals surface area contributed by atoms with Crippen LogP contribution in [0.15, 0.2) is 18.2 Å². The molecule has 1 aromatic carbocycles. The summed E-state index contributed by atoms with van der Waals surface area (Å²) in [5.74, 6) is 0.900. The molecule has 0 aliphatic carbocycles. The highest BCUT2D eigenvalue weighted by atomic mass is 35.5. The second-order valence-corrected chi connectivity index (χ2v) is 5.97. The molecule has 1 unspecified atom stereocenters. The van der Waals surface area contributed by atoms with Crippen LogP contribution in [0.5, 0.6) is 0 Å². The lowest BCUT2D eigenvalue weighted by Crippen LogP contribution is -2.21. The molecule has 19 heavy (non-hydrogen) atoms. The summed E-state index contributed by atoms with van der Waals surface area (Å²) in [6.07, 6.45) is 1.99. The van der Waals surface area contributed by atoms with Crippen molar-refractivity contribution in [3.63, 3.8) is 0 Å². The van der Waals surface area contributed by atoms with Crippen molar-refractivity contribution in [1.82, 2.24) is 9.55 Å². The molecule has 3 rings (SSSR count). The van der Waals surface area contributed by atoms with Crippen LogP contribution >= 0.6 is 23.2 Å². The number of nitrogens with zero attached hydrogens (tertiary/aromatic N) is 2. The zero-order valence-electron chi connectivity index (χ0n) is 10.8. The fourth-order valence-corrected chi connectivity index (χ4v) is 3.07. The van der Waals surface area contributed by atoms with E-state index in [0.29, 0.717) is 11.1 Å². The van der Waals surface area contributed by atoms with Crippen LogP contribution in [0, 0.1) is 0 Å². The number of halogens is 2. The predicted octanol–water partition coefficient (Wildman–Crippen LogP) is 4.34. The third kappa shape index (κ3) is 2.35. The van der Waals surface area contributed by atoms with Crippen molar-refractivity contribution in [2.24, 2.45) is 0 Å². The molecule has 0 bridgehead atoms. The minimum Gasteiger partial charge on any atom is -0.381 e. The summed E-state index contributed by atoms with van der Waals surface area (Å²) in [7, 11) is 0. The second kappa shape index (κ2) is 5.31. The van der Waals surface area contributed by atoms with E-state index in [2.05, 4.69) is 15.6 Å². The summed E-state index contributed by atoms with van der Waals surface area (Å²) in [4.78, 5) is 4.65. The number of fused-ring (bicyclic) bond motifs is 1. The molecule has 5 heteroatoms. The van der Waals surface area contributed by atoms with Crippen molar-refractivity contribution in [2.45, 2.75) is 31.2 Å². The molecule has 1 aromatic heterocycles. The summed E-state index contributed by atoms with van der Waals surface area (Å²) in [6, 6.07) is 6.29. The zero-order valence-corrected chi connectivity index (χ0v) is 12.3. The predicted molar refractivity (Wildman–Crippen MR) is 78.1 cm³/mol. The zero-order chi connectivity index (χ0) is 13.4. The number of para-hydroxylation sites is 1. The van der Waals surface area contributed by atoms with E-state index in [1.165, 1.54) is 0 Å². The Balaban J connectivity index is 2.18. The topological polar surface area (TPSA) is 27.1 Å². The number of hydrogen-bond acceptors (Lipinski definition) is 2. The fourth-order valence-electron chi connectivity index (χ4n) is 2.71. The van der Waals surface area contributed by atoms with Gasteiger partial charge >= 0.3 is 0 Å². The number of alkyl halides is 1. The van der Waals surface area contributed by atoms with Crippen molar-refractivity contribution >= 4 is 34.2 Å². The van der Waals surface area contributed by atoms with Crippen molar-refractivity contribution in [2.75, 3.05) is 13.2 Å². The lowest BCUT2D eigenvalue weighted by Gasteiger charge is -2.26. The van der Waals surface area contributed by atoms with Gasteiger partial charge in [-0.3, -0.25) is 0 Å². The number of rotatable bonds is 2. The molecule has 0 spiro atoms. The minimum atomic E-state index is -0.133. The minimum absolute atomic E-state index is 0.133. The van der Waals surface area contributed by atoms with Crippen LogP contribution in [0.2, 0.25) is 5.02 Å². The van der Waals surface area contributed by atoms with E-state index in [0.717, 1.165) is 42.9 Å². The third-order valence-corrected chi connectivity index (χ3v) is 4.11. The van der Waals surface area contributed by atoms with Crippen molar-refractivity contribution in [1.29, 1.82) is 0 Å². The van der Waals surface area contributed by atoms with Gasteiger partial charge in [-0.2, -0.15) is 0 Å². The van der Waals surface area contributed by atoms with E-state index >= 15 is 0 Å². The second-order valence-electron chi connectivity index (χ2n) is 4.91. The maximum absolute atomic E-state index is 6.29. The average Bonchev–Trinajstić information content (AvgIpc) is 2.81. The van der Waals surface area contributed by atoms with Gasteiger partial charge in [0.2, 0.25) is 0 Å². The van der Waals surface area contributed by atoms with E-state index in [9.17, 15) is 0 Å². The summed E-state index contributed by atoms with van der Waals surface area (Å²) in [5, 5.41) is 0.549.